The van der Waals surface area contributed by atoms with Crippen LogP contribution in [0.1, 0.15) is 0 Å². The first-order valence-electron chi connectivity index (χ1n) is 1.62. The first kappa shape index (κ1) is 8.19. The average molecular weight is 157 g/mol. The Morgan fingerprint density at radius 1 is 1.44 bits per heavy atom. The normalized spacial score (nSPS) is 11.0. The van der Waals surface area contributed by atoms with Crippen LogP contribution in [0.3, 0.4) is 0 Å². The van der Waals surface area contributed by atoms with Crippen LogP contribution < -0.4 is 0 Å². The third-order valence-electron chi connectivity index (χ3n) is 0.390. The number of hydrogen-bond acceptors (Lipinski definition) is 3. The molecule has 0 bridgehead atoms. The lowest BCUT2D eigenvalue weighted by molar-refractivity contribution is 0.235. The van der Waals surface area contributed by atoms with Crippen molar-refractivity contribution in [2.24, 2.45) is 4.40 Å². The van der Waals surface area contributed by atoms with Crippen molar-refractivity contribution in [2.45, 2.75) is 5.76 Å². The van der Waals surface area contributed by atoms with Gasteiger partial charge in [-0.25, -0.2) is 4.79 Å². The van der Waals surface area contributed by atoms with E-state index in [1.54, 1.807) is 0 Å². The van der Waals surface area contributed by atoms with Gasteiger partial charge in [0.2, 0.25) is 0 Å². The van der Waals surface area contributed by atoms with Gasteiger partial charge in [0.15, 0.2) is 0 Å². The zero-order valence-electron chi connectivity index (χ0n) is 3.91. The minimum atomic E-state index is -4.88. The molecule has 0 spiro atoms. The summed E-state index contributed by atoms with van der Waals surface area (Å²) in [6.45, 7) is 0. The molecule has 0 aromatic heterocycles. The molecule has 0 amide bonds. The highest BCUT2D eigenvalue weighted by Gasteiger charge is 2.22. The van der Waals surface area contributed by atoms with Crippen LogP contribution in [0.4, 0.5) is 8.78 Å². The Balaban J connectivity index is 4.62. The molecule has 0 heterocycles. The smallest absolute Gasteiger partial charge is 0.210 e. The summed E-state index contributed by atoms with van der Waals surface area (Å²) in [4.78, 5) is 9.12. The Labute approximate surface area is 49.3 Å². The average Bonchev–Trinajstić information content (AvgIpc) is 1.65. The highest BCUT2D eigenvalue weighted by molar-refractivity contribution is 7.90. The fourth-order valence-electron chi connectivity index (χ4n) is 0.0918. The third-order valence-corrected chi connectivity index (χ3v) is 1.17. The van der Waals surface area contributed by atoms with Gasteiger partial charge in [0.05, 0.1) is 0 Å². The van der Waals surface area contributed by atoms with E-state index in [1.807, 2.05) is 4.40 Å². The van der Waals surface area contributed by atoms with Crippen LogP contribution in [0.15, 0.2) is 4.40 Å². The summed E-state index contributed by atoms with van der Waals surface area (Å²) in [5.41, 5.74) is 0. The molecule has 0 aliphatic carbocycles. The van der Waals surface area contributed by atoms with E-state index in [2.05, 4.69) is 0 Å². The van der Waals surface area contributed by atoms with Gasteiger partial charge in [0.1, 0.15) is 0 Å². The summed E-state index contributed by atoms with van der Waals surface area (Å²) in [6.07, 6.45) is 0.496. The summed E-state index contributed by atoms with van der Waals surface area (Å²) in [6, 6.07) is 0. The number of alkyl halides is 2. The molecule has 0 aromatic rings. The van der Waals surface area contributed by atoms with Crippen LogP contribution in [0.2, 0.25) is 0 Å². The quantitative estimate of drug-likeness (QED) is 0.414. The molecule has 4 nitrogen and oxygen atoms in total. The molecule has 0 rings (SSSR count). The minimum Gasteiger partial charge on any atom is -0.210 e. The van der Waals surface area contributed by atoms with Crippen molar-refractivity contribution < 1.29 is 22.0 Å². The van der Waals surface area contributed by atoms with Gasteiger partial charge in [0.25, 0.3) is 6.08 Å². The maximum Gasteiger partial charge on any atom is 0.357 e. The Kier molecular flexibility index (Phi) is 2.41. The number of rotatable bonds is 2. The molecule has 0 radical (unpaired) electrons. The van der Waals surface area contributed by atoms with Gasteiger partial charge in [-0.05, 0) is 0 Å². The lowest BCUT2D eigenvalue weighted by Crippen LogP contribution is -2.06. The first-order chi connectivity index (χ1) is 4.00. The summed E-state index contributed by atoms with van der Waals surface area (Å²) in [5, 5.41) is 0. The summed E-state index contributed by atoms with van der Waals surface area (Å²) in [5.74, 6) is -3.64. The Bertz CT molecular complexity index is 226. The number of hydrogen-bond donors (Lipinski definition) is 0. The predicted molar refractivity (Wildman–Crippen MR) is 23.0 cm³/mol. The second kappa shape index (κ2) is 2.65. The van der Waals surface area contributed by atoms with Crippen LogP contribution in [-0.2, 0) is 14.8 Å². The predicted octanol–water partition coefficient (Wildman–Crippen LogP) is -0.125. The van der Waals surface area contributed by atoms with Crippen molar-refractivity contribution >= 4 is 16.1 Å². The van der Waals surface area contributed by atoms with E-state index >= 15 is 0 Å². The molecule has 0 aliphatic rings. The Morgan fingerprint density at radius 2 is 1.89 bits per heavy atom. The summed E-state index contributed by atoms with van der Waals surface area (Å²) < 4.78 is 43.7. The fourth-order valence-corrected chi connectivity index (χ4v) is 0.275. The van der Waals surface area contributed by atoms with E-state index in [0.717, 1.165) is 0 Å². The van der Waals surface area contributed by atoms with Crippen molar-refractivity contribution in [3.8, 4) is 0 Å². The SMILES string of the molecule is O=C=NS(=O)(=O)C(F)F. The Morgan fingerprint density at radius 3 is 2.00 bits per heavy atom. The Hall–Kier alpha value is -0.810. The topological polar surface area (TPSA) is 63.6 Å². The molecular weight excluding hydrogens is 156 g/mol. The van der Waals surface area contributed by atoms with Gasteiger partial charge in [0, 0.05) is 0 Å². The fraction of sp³-hybridized carbons (Fsp3) is 0.500. The standard InChI is InChI=1S/C2HF2NO3S/c3-2(4)9(7,8)5-1-6/h2H. The number of isocyanates is 1. The van der Waals surface area contributed by atoms with Gasteiger partial charge >= 0.3 is 15.8 Å². The van der Waals surface area contributed by atoms with Crippen LogP contribution in [0.5, 0.6) is 0 Å². The van der Waals surface area contributed by atoms with Crippen LogP contribution >= 0.6 is 0 Å². The van der Waals surface area contributed by atoms with E-state index in [-0.39, 0.29) is 0 Å². The number of carbonyl (C=O) groups excluding carboxylic acids is 1. The number of sulfonamides is 1. The summed E-state index contributed by atoms with van der Waals surface area (Å²) >= 11 is 0. The van der Waals surface area contributed by atoms with Crippen LogP contribution in [0, 0.1) is 0 Å². The second-order valence-corrected chi connectivity index (χ2v) is 2.53. The lowest BCUT2D eigenvalue weighted by Gasteiger charge is -1.88. The molecule has 52 valence electrons. The molecule has 0 aliphatic heterocycles. The first-order valence-corrected chi connectivity index (χ1v) is 3.12. The molecule has 7 heteroatoms. The van der Waals surface area contributed by atoms with E-state index in [9.17, 15) is 17.2 Å². The van der Waals surface area contributed by atoms with Gasteiger partial charge in [-0.3, -0.25) is 0 Å². The molecule has 0 unspecified atom stereocenters. The zero-order chi connectivity index (χ0) is 7.49. The molecule has 0 aromatic carbocycles. The van der Waals surface area contributed by atoms with E-state index < -0.39 is 15.8 Å². The van der Waals surface area contributed by atoms with E-state index in [0.29, 0.717) is 6.08 Å². The molecular formula is C2HF2NO3S. The van der Waals surface area contributed by atoms with Crippen molar-refractivity contribution in [1.82, 2.24) is 0 Å². The maximum absolute atomic E-state index is 11.1. The van der Waals surface area contributed by atoms with E-state index in [1.165, 1.54) is 0 Å². The largest absolute Gasteiger partial charge is 0.357 e. The molecule has 0 N–H and O–H groups in total. The molecule has 9 heavy (non-hydrogen) atoms. The van der Waals surface area contributed by atoms with Crippen molar-refractivity contribution in [2.75, 3.05) is 0 Å². The number of halogens is 2. The van der Waals surface area contributed by atoms with Crippen molar-refractivity contribution in [1.29, 1.82) is 0 Å². The van der Waals surface area contributed by atoms with Crippen molar-refractivity contribution in [3.05, 3.63) is 0 Å². The molecule has 0 fully saturated rings. The zero-order valence-corrected chi connectivity index (χ0v) is 4.73. The second-order valence-electron chi connectivity index (χ2n) is 0.958. The molecule has 0 saturated heterocycles. The van der Waals surface area contributed by atoms with Gasteiger partial charge in [-0.1, -0.05) is 4.40 Å². The maximum atomic E-state index is 11.1. The summed E-state index contributed by atoms with van der Waals surface area (Å²) in [7, 11) is -4.88. The highest BCUT2D eigenvalue weighted by atomic mass is 32.2. The molecule has 0 saturated carbocycles. The number of nitrogens with zero attached hydrogens (tertiary/aromatic N) is 1. The monoisotopic (exact) mass is 157 g/mol. The lowest BCUT2D eigenvalue weighted by atomic mass is 11.7. The van der Waals surface area contributed by atoms with Crippen molar-refractivity contribution in [3.63, 3.8) is 0 Å². The molecule has 0 atom stereocenters. The highest BCUT2D eigenvalue weighted by Crippen LogP contribution is 2.04. The minimum absolute atomic E-state index is 0.496. The van der Waals surface area contributed by atoms with Crippen LogP contribution in [-0.4, -0.2) is 20.3 Å². The van der Waals surface area contributed by atoms with Gasteiger partial charge < -0.3 is 0 Å². The van der Waals surface area contributed by atoms with Gasteiger partial charge in [-0.15, -0.1) is 0 Å². The third kappa shape index (κ3) is 2.29. The van der Waals surface area contributed by atoms with Gasteiger partial charge in [-0.2, -0.15) is 17.2 Å². The van der Waals surface area contributed by atoms with E-state index in [4.69, 9.17) is 4.79 Å². The van der Waals surface area contributed by atoms with Crippen LogP contribution in [0.25, 0.3) is 0 Å².